The Morgan fingerprint density at radius 3 is 2.50 bits per heavy atom. The molecule has 1 aliphatic carbocycles. The van der Waals surface area contributed by atoms with Crippen molar-refractivity contribution in [2.75, 3.05) is 19.6 Å². The highest BCUT2D eigenvalue weighted by Gasteiger charge is 2.42. The van der Waals surface area contributed by atoms with Gasteiger partial charge in [-0.1, -0.05) is 54.8 Å². The zero-order chi connectivity index (χ0) is 18.2. The largest absolute Gasteiger partial charge is 0.350 e. The number of benzene rings is 1. The summed E-state index contributed by atoms with van der Waals surface area (Å²) >= 11 is 0. The number of urea groups is 1. The van der Waals surface area contributed by atoms with Crippen LogP contribution in [0.2, 0.25) is 0 Å². The molecule has 140 valence electrons. The summed E-state index contributed by atoms with van der Waals surface area (Å²) in [6.45, 7) is 2.82. The van der Waals surface area contributed by atoms with Gasteiger partial charge in [0.15, 0.2) is 0 Å². The summed E-state index contributed by atoms with van der Waals surface area (Å²) < 4.78 is 0. The average Bonchev–Trinajstić information content (AvgIpc) is 3.16. The molecule has 1 saturated carbocycles. The molecule has 1 aliphatic heterocycles. The Hall–Kier alpha value is -2.34. The molecule has 0 atom stereocenters. The third-order valence-electron chi connectivity index (χ3n) is 5.17. The lowest BCUT2D eigenvalue weighted by atomic mass is 9.96. The molecular formula is C20H28N4O2. The van der Waals surface area contributed by atoms with E-state index >= 15 is 0 Å². The lowest BCUT2D eigenvalue weighted by molar-refractivity contribution is -0.126. The van der Waals surface area contributed by atoms with E-state index < -0.39 is 5.54 Å². The zero-order valence-electron chi connectivity index (χ0n) is 15.1. The van der Waals surface area contributed by atoms with Crippen LogP contribution in [0, 0.1) is 0 Å². The predicted octanol–water partition coefficient (Wildman–Crippen LogP) is 1.83. The second-order valence-electron chi connectivity index (χ2n) is 7.08. The Morgan fingerprint density at radius 2 is 1.81 bits per heavy atom. The first-order valence-electron chi connectivity index (χ1n) is 9.45. The van der Waals surface area contributed by atoms with Crippen LogP contribution >= 0.6 is 0 Å². The molecule has 1 heterocycles. The second-order valence-corrected chi connectivity index (χ2v) is 7.08. The van der Waals surface area contributed by atoms with Crippen molar-refractivity contribution in [2.45, 2.75) is 44.2 Å². The molecule has 6 heteroatoms. The van der Waals surface area contributed by atoms with Crippen molar-refractivity contribution >= 4 is 11.9 Å². The van der Waals surface area contributed by atoms with Crippen LogP contribution in [0.4, 0.5) is 4.79 Å². The molecule has 0 bridgehead atoms. The van der Waals surface area contributed by atoms with E-state index in [9.17, 15) is 9.59 Å². The van der Waals surface area contributed by atoms with Gasteiger partial charge in [0.05, 0.1) is 0 Å². The number of carbonyl (C=O) groups excluding carboxylic acids is 2. The van der Waals surface area contributed by atoms with E-state index in [4.69, 9.17) is 0 Å². The molecule has 3 rings (SSSR count). The molecule has 0 spiro atoms. The van der Waals surface area contributed by atoms with E-state index in [0.717, 1.165) is 37.9 Å². The van der Waals surface area contributed by atoms with E-state index in [1.165, 1.54) is 5.57 Å². The van der Waals surface area contributed by atoms with Crippen molar-refractivity contribution in [1.82, 2.24) is 21.3 Å². The van der Waals surface area contributed by atoms with Crippen molar-refractivity contribution in [3.8, 4) is 0 Å². The molecule has 2 aliphatic rings. The third kappa shape index (κ3) is 4.85. The van der Waals surface area contributed by atoms with E-state index in [0.29, 0.717) is 25.9 Å². The number of nitrogens with one attached hydrogen (secondary N) is 4. The lowest BCUT2D eigenvalue weighted by Gasteiger charge is -2.29. The van der Waals surface area contributed by atoms with Crippen molar-refractivity contribution < 1.29 is 9.59 Å². The van der Waals surface area contributed by atoms with E-state index in [1.54, 1.807) is 0 Å². The standard InChI is InChI=1S/C20H28N4O2/c25-18(22-14-17-8-12-21-13-9-17)20(10-4-5-11-20)24-19(26)23-15-16-6-2-1-3-7-16/h1-3,6-8,21H,4-5,9-15H2,(H,22,25)(H2,23,24,26). The molecule has 1 aromatic carbocycles. The van der Waals surface area contributed by atoms with Gasteiger partial charge in [-0.2, -0.15) is 0 Å². The number of carbonyl (C=O) groups is 2. The minimum absolute atomic E-state index is 0.0655. The van der Waals surface area contributed by atoms with Crippen LogP contribution < -0.4 is 21.3 Å². The molecule has 1 aromatic rings. The van der Waals surface area contributed by atoms with Crippen molar-refractivity contribution in [2.24, 2.45) is 0 Å². The van der Waals surface area contributed by atoms with Crippen LogP contribution in [-0.4, -0.2) is 37.1 Å². The summed E-state index contributed by atoms with van der Waals surface area (Å²) in [7, 11) is 0. The monoisotopic (exact) mass is 356 g/mol. The molecule has 1 fully saturated rings. The maximum atomic E-state index is 12.8. The van der Waals surface area contributed by atoms with Crippen LogP contribution in [-0.2, 0) is 11.3 Å². The smallest absolute Gasteiger partial charge is 0.315 e. The van der Waals surface area contributed by atoms with Crippen molar-refractivity contribution in [3.63, 3.8) is 0 Å². The Morgan fingerprint density at radius 1 is 1.04 bits per heavy atom. The number of hydrogen-bond acceptors (Lipinski definition) is 3. The minimum Gasteiger partial charge on any atom is -0.350 e. The Bertz CT molecular complexity index is 651. The van der Waals surface area contributed by atoms with Crippen LogP contribution in [0.5, 0.6) is 0 Å². The van der Waals surface area contributed by atoms with Crippen LogP contribution in [0.15, 0.2) is 42.0 Å². The first-order chi connectivity index (χ1) is 12.7. The number of amides is 3. The highest BCUT2D eigenvalue weighted by atomic mass is 16.2. The molecule has 4 N–H and O–H groups in total. The fourth-order valence-corrected chi connectivity index (χ4v) is 3.62. The summed E-state index contributed by atoms with van der Waals surface area (Å²) in [6.07, 6.45) is 6.39. The Kier molecular flexibility index (Phi) is 6.28. The summed E-state index contributed by atoms with van der Waals surface area (Å²) in [6, 6.07) is 9.47. The highest BCUT2D eigenvalue weighted by molar-refractivity contribution is 5.91. The fraction of sp³-hybridized carbons (Fsp3) is 0.500. The van der Waals surface area contributed by atoms with Gasteiger partial charge < -0.3 is 21.3 Å². The van der Waals surface area contributed by atoms with Gasteiger partial charge in [-0.15, -0.1) is 0 Å². The van der Waals surface area contributed by atoms with E-state index in [1.807, 2.05) is 30.3 Å². The quantitative estimate of drug-likeness (QED) is 0.587. The molecule has 3 amide bonds. The first-order valence-corrected chi connectivity index (χ1v) is 9.45. The van der Waals surface area contributed by atoms with Crippen LogP contribution in [0.3, 0.4) is 0 Å². The average molecular weight is 356 g/mol. The summed E-state index contributed by atoms with van der Waals surface area (Å²) in [5.74, 6) is -0.0655. The molecule has 6 nitrogen and oxygen atoms in total. The van der Waals surface area contributed by atoms with Gasteiger partial charge in [0.25, 0.3) is 0 Å². The third-order valence-corrected chi connectivity index (χ3v) is 5.17. The molecule has 0 saturated heterocycles. The van der Waals surface area contributed by atoms with Gasteiger partial charge in [0, 0.05) is 19.6 Å². The van der Waals surface area contributed by atoms with Crippen molar-refractivity contribution in [1.29, 1.82) is 0 Å². The summed E-state index contributed by atoms with van der Waals surface area (Å²) in [4.78, 5) is 25.2. The Balaban J connectivity index is 1.53. The topological polar surface area (TPSA) is 82.3 Å². The second kappa shape index (κ2) is 8.85. The number of hydrogen-bond donors (Lipinski definition) is 4. The maximum Gasteiger partial charge on any atom is 0.315 e. The van der Waals surface area contributed by atoms with Gasteiger partial charge in [0.1, 0.15) is 5.54 Å². The first kappa shape index (κ1) is 18.5. The normalized spacial score (nSPS) is 18.7. The van der Waals surface area contributed by atoms with Gasteiger partial charge in [0.2, 0.25) is 5.91 Å². The van der Waals surface area contributed by atoms with Gasteiger partial charge in [-0.25, -0.2) is 4.79 Å². The van der Waals surface area contributed by atoms with E-state index in [2.05, 4.69) is 27.3 Å². The fourth-order valence-electron chi connectivity index (χ4n) is 3.62. The molecule has 0 radical (unpaired) electrons. The van der Waals surface area contributed by atoms with E-state index in [-0.39, 0.29) is 11.9 Å². The number of rotatable bonds is 6. The molecule has 26 heavy (non-hydrogen) atoms. The van der Waals surface area contributed by atoms with Gasteiger partial charge in [-0.3, -0.25) is 4.79 Å². The lowest BCUT2D eigenvalue weighted by Crippen LogP contribution is -2.59. The predicted molar refractivity (Wildman–Crippen MR) is 102 cm³/mol. The van der Waals surface area contributed by atoms with Gasteiger partial charge >= 0.3 is 6.03 Å². The SMILES string of the molecule is O=C(NCc1ccccc1)NC1(C(=O)NCC2=CCNCC2)CCCC1. The molecule has 0 unspecified atom stereocenters. The maximum absolute atomic E-state index is 12.8. The Labute approximate surface area is 154 Å². The van der Waals surface area contributed by atoms with Crippen molar-refractivity contribution in [3.05, 3.63) is 47.5 Å². The molecule has 0 aromatic heterocycles. The van der Waals surface area contributed by atoms with Crippen LogP contribution in [0.1, 0.15) is 37.7 Å². The summed E-state index contributed by atoms with van der Waals surface area (Å²) in [5, 5.41) is 12.1. The molecular weight excluding hydrogens is 328 g/mol. The van der Waals surface area contributed by atoms with Crippen LogP contribution in [0.25, 0.3) is 0 Å². The highest BCUT2D eigenvalue weighted by Crippen LogP contribution is 2.30. The summed E-state index contributed by atoms with van der Waals surface area (Å²) in [5.41, 5.74) is 1.50. The zero-order valence-corrected chi connectivity index (χ0v) is 15.1. The minimum atomic E-state index is -0.783. The van der Waals surface area contributed by atoms with Gasteiger partial charge in [-0.05, 0) is 31.4 Å².